The Balaban J connectivity index is 1.48. The predicted molar refractivity (Wildman–Crippen MR) is 114 cm³/mol. The Kier molecular flexibility index (Phi) is 5.33. The normalized spacial score (nSPS) is 14.9. The SMILES string of the molecule is Cc1ccccc1NC(=O)COc1ccc(C2C(C#N)=C(N)Oc3n[nH]c(C)c32)cc1. The summed E-state index contributed by atoms with van der Waals surface area (Å²) in [5.74, 6) is 0.303. The molecule has 1 atom stereocenters. The van der Waals surface area contributed by atoms with Crippen molar-refractivity contribution in [1.82, 2.24) is 10.2 Å². The van der Waals surface area contributed by atoms with E-state index < -0.39 is 5.92 Å². The minimum Gasteiger partial charge on any atom is -0.484 e. The van der Waals surface area contributed by atoms with Gasteiger partial charge >= 0.3 is 0 Å². The third kappa shape index (κ3) is 3.94. The summed E-state index contributed by atoms with van der Waals surface area (Å²) >= 11 is 0. The topological polar surface area (TPSA) is 126 Å². The Labute approximate surface area is 179 Å². The maximum absolute atomic E-state index is 12.2. The molecule has 31 heavy (non-hydrogen) atoms. The van der Waals surface area contributed by atoms with Gasteiger partial charge in [0, 0.05) is 16.9 Å². The number of nitrogens with one attached hydrogen (secondary N) is 2. The van der Waals surface area contributed by atoms with Gasteiger partial charge in [0.05, 0.1) is 5.92 Å². The fourth-order valence-electron chi connectivity index (χ4n) is 3.54. The first-order valence-corrected chi connectivity index (χ1v) is 9.68. The van der Waals surface area contributed by atoms with Crippen LogP contribution in [-0.2, 0) is 4.79 Å². The number of ether oxygens (including phenoxy) is 2. The maximum Gasteiger partial charge on any atom is 0.262 e. The number of aryl methyl sites for hydroxylation is 2. The summed E-state index contributed by atoms with van der Waals surface area (Å²) in [5, 5.41) is 19.4. The van der Waals surface area contributed by atoms with Crippen molar-refractivity contribution in [3.05, 3.63) is 82.4 Å². The zero-order valence-electron chi connectivity index (χ0n) is 17.1. The van der Waals surface area contributed by atoms with Crippen LogP contribution < -0.4 is 20.5 Å². The molecule has 3 aromatic rings. The highest BCUT2D eigenvalue weighted by Crippen LogP contribution is 2.42. The number of rotatable bonds is 5. The number of allylic oxidation sites excluding steroid dienone is 1. The van der Waals surface area contributed by atoms with Crippen LogP contribution in [0.25, 0.3) is 0 Å². The second-order valence-electron chi connectivity index (χ2n) is 7.21. The van der Waals surface area contributed by atoms with Gasteiger partial charge in [0.15, 0.2) is 6.61 Å². The van der Waals surface area contributed by atoms with Gasteiger partial charge in [-0.2, -0.15) is 5.26 Å². The molecule has 1 aliphatic rings. The first-order valence-electron chi connectivity index (χ1n) is 9.68. The molecule has 0 spiro atoms. The average molecular weight is 415 g/mol. The van der Waals surface area contributed by atoms with Gasteiger partial charge in [0.1, 0.15) is 17.4 Å². The van der Waals surface area contributed by atoms with E-state index in [1.165, 1.54) is 0 Å². The number of carbonyl (C=O) groups excluding carboxylic acids is 1. The molecule has 4 rings (SSSR count). The van der Waals surface area contributed by atoms with E-state index in [4.69, 9.17) is 15.2 Å². The molecule has 0 aliphatic carbocycles. The van der Waals surface area contributed by atoms with E-state index in [0.29, 0.717) is 17.2 Å². The molecule has 1 aromatic heterocycles. The number of nitrogens with two attached hydrogens (primary N) is 1. The first-order chi connectivity index (χ1) is 15.0. The third-order valence-electron chi connectivity index (χ3n) is 5.13. The van der Waals surface area contributed by atoms with Crippen LogP contribution in [0.15, 0.2) is 60.0 Å². The Hall–Kier alpha value is -4.25. The van der Waals surface area contributed by atoms with E-state index in [0.717, 1.165) is 28.1 Å². The van der Waals surface area contributed by atoms with Crippen molar-refractivity contribution >= 4 is 11.6 Å². The number of aromatic nitrogens is 2. The molecule has 156 valence electrons. The number of nitriles is 1. The summed E-state index contributed by atoms with van der Waals surface area (Å²) in [6.07, 6.45) is 0. The molecule has 4 N–H and O–H groups in total. The summed E-state index contributed by atoms with van der Waals surface area (Å²) in [7, 11) is 0. The van der Waals surface area contributed by atoms with Crippen molar-refractivity contribution in [2.24, 2.45) is 5.73 Å². The van der Waals surface area contributed by atoms with E-state index in [9.17, 15) is 10.1 Å². The van der Waals surface area contributed by atoms with Crippen molar-refractivity contribution in [2.45, 2.75) is 19.8 Å². The van der Waals surface area contributed by atoms with Gasteiger partial charge < -0.3 is 20.5 Å². The molecule has 8 heteroatoms. The van der Waals surface area contributed by atoms with Gasteiger partial charge in [-0.15, -0.1) is 5.10 Å². The van der Waals surface area contributed by atoms with Crippen LogP contribution in [0.3, 0.4) is 0 Å². The molecule has 8 nitrogen and oxygen atoms in total. The van der Waals surface area contributed by atoms with E-state index >= 15 is 0 Å². The van der Waals surface area contributed by atoms with Crippen molar-refractivity contribution in [2.75, 3.05) is 11.9 Å². The maximum atomic E-state index is 12.2. The molecule has 0 bridgehead atoms. The number of para-hydroxylation sites is 1. The zero-order chi connectivity index (χ0) is 22.0. The number of fused-ring (bicyclic) bond motifs is 1. The van der Waals surface area contributed by atoms with Crippen LogP contribution in [0, 0.1) is 25.2 Å². The van der Waals surface area contributed by atoms with Crippen LogP contribution in [0.5, 0.6) is 11.6 Å². The van der Waals surface area contributed by atoms with Crippen LogP contribution >= 0.6 is 0 Å². The van der Waals surface area contributed by atoms with Crippen molar-refractivity contribution in [3.8, 4) is 17.7 Å². The lowest BCUT2D eigenvalue weighted by Gasteiger charge is -2.23. The van der Waals surface area contributed by atoms with Gasteiger partial charge in [-0.1, -0.05) is 30.3 Å². The summed E-state index contributed by atoms with van der Waals surface area (Å²) in [6.45, 7) is 3.67. The predicted octanol–water partition coefficient (Wildman–Crippen LogP) is 3.26. The molecule has 2 aromatic carbocycles. The van der Waals surface area contributed by atoms with E-state index in [1.54, 1.807) is 12.1 Å². The van der Waals surface area contributed by atoms with Crippen LogP contribution in [0.4, 0.5) is 5.69 Å². The number of carbonyl (C=O) groups is 1. The highest BCUT2D eigenvalue weighted by atomic mass is 16.5. The van der Waals surface area contributed by atoms with Gasteiger partial charge in [-0.25, -0.2) is 0 Å². The molecule has 0 saturated carbocycles. The highest BCUT2D eigenvalue weighted by molar-refractivity contribution is 5.92. The second kappa shape index (κ2) is 8.24. The first kappa shape index (κ1) is 20.0. The van der Waals surface area contributed by atoms with E-state index in [2.05, 4.69) is 21.6 Å². The number of benzene rings is 2. The Morgan fingerprint density at radius 2 is 2.00 bits per heavy atom. The largest absolute Gasteiger partial charge is 0.484 e. The van der Waals surface area contributed by atoms with Crippen molar-refractivity contribution in [3.63, 3.8) is 0 Å². The van der Waals surface area contributed by atoms with Gasteiger partial charge in [-0.05, 0) is 43.2 Å². The minimum atomic E-state index is -0.397. The van der Waals surface area contributed by atoms with E-state index in [-0.39, 0.29) is 18.4 Å². The lowest BCUT2D eigenvalue weighted by atomic mass is 9.84. The average Bonchev–Trinajstić information content (AvgIpc) is 3.13. The number of aromatic amines is 1. The van der Waals surface area contributed by atoms with Gasteiger partial charge in [-0.3, -0.25) is 9.89 Å². The molecule has 0 fully saturated rings. The highest BCUT2D eigenvalue weighted by Gasteiger charge is 2.34. The Morgan fingerprint density at radius 1 is 1.26 bits per heavy atom. The number of anilines is 1. The lowest BCUT2D eigenvalue weighted by Crippen LogP contribution is -2.21. The monoisotopic (exact) mass is 415 g/mol. The number of hydrogen-bond acceptors (Lipinski definition) is 6. The second-order valence-corrected chi connectivity index (χ2v) is 7.21. The molecular weight excluding hydrogens is 394 g/mol. The molecule has 0 saturated heterocycles. The lowest BCUT2D eigenvalue weighted by molar-refractivity contribution is -0.118. The zero-order valence-corrected chi connectivity index (χ0v) is 17.1. The summed E-state index contributed by atoms with van der Waals surface area (Å²) < 4.78 is 11.1. The number of hydrogen-bond donors (Lipinski definition) is 3. The van der Waals surface area contributed by atoms with Crippen LogP contribution in [-0.4, -0.2) is 22.7 Å². The molecule has 2 heterocycles. The quantitative estimate of drug-likeness (QED) is 0.587. The van der Waals surface area contributed by atoms with Gasteiger partial charge in [0.25, 0.3) is 5.91 Å². The molecule has 0 radical (unpaired) electrons. The number of nitrogens with zero attached hydrogens (tertiary/aromatic N) is 2. The number of amides is 1. The Bertz CT molecular complexity index is 1200. The fraction of sp³-hybridized carbons (Fsp3) is 0.174. The molecular formula is C23H21N5O3. The number of H-pyrrole nitrogens is 1. The molecule has 1 unspecified atom stereocenters. The van der Waals surface area contributed by atoms with Crippen molar-refractivity contribution in [1.29, 1.82) is 5.26 Å². The van der Waals surface area contributed by atoms with E-state index in [1.807, 2.05) is 50.2 Å². The summed E-state index contributed by atoms with van der Waals surface area (Å²) in [4.78, 5) is 12.2. The van der Waals surface area contributed by atoms with Crippen molar-refractivity contribution < 1.29 is 14.3 Å². The smallest absolute Gasteiger partial charge is 0.262 e. The molecule has 1 aliphatic heterocycles. The standard InChI is InChI=1S/C23H21N5O3/c1-13-5-3-4-6-18(13)26-19(29)12-30-16-9-7-15(8-10-16)21-17(11-24)22(25)31-23-20(21)14(2)27-28-23/h3-10,21H,12,25H2,1-2H3,(H,26,29)(H,27,28). The minimum absolute atomic E-state index is 0.0414. The third-order valence-corrected chi connectivity index (χ3v) is 5.13. The van der Waals surface area contributed by atoms with Crippen LogP contribution in [0.2, 0.25) is 0 Å². The summed E-state index contributed by atoms with van der Waals surface area (Å²) in [6, 6.07) is 16.9. The van der Waals surface area contributed by atoms with Crippen LogP contribution in [0.1, 0.15) is 28.3 Å². The molecule has 1 amide bonds. The van der Waals surface area contributed by atoms with Gasteiger partial charge in [0.2, 0.25) is 11.8 Å². The Morgan fingerprint density at radius 3 is 2.71 bits per heavy atom. The fourth-order valence-corrected chi connectivity index (χ4v) is 3.54. The summed E-state index contributed by atoms with van der Waals surface area (Å²) in [5.41, 5.74) is 10.4.